The summed E-state index contributed by atoms with van der Waals surface area (Å²) in [6.07, 6.45) is 0. The van der Waals surface area contributed by atoms with Crippen molar-refractivity contribution in [1.29, 1.82) is 0 Å². The Labute approximate surface area is 180 Å². The number of benzene rings is 1. The second-order valence-electron chi connectivity index (χ2n) is 6.49. The van der Waals surface area contributed by atoms with E-state index in [1.165, 1.54) is 18.3 Å². The fourth-order valence-electron chi connectivity index (χ4n) is 2.59. The topological polar surface area (TPSA) is 86.9 Å². The maximum absolute atomic E-state index is 13.6. The van der Waals surface area contributed by atoms with Crippen LogP contribution in [0.1, 0.15) is 23.2 Å². The molecule has 0 bridgehead atoms. The Kier molecular flexibility index (Phi) is 6.55. The molecule has 0 saturated heterocycles. The molecule has 2 heterocycles. The van der Waals surface area contributed by atoms with E-state index in [1.54, 1.807) is 5.43 Å². The molecule has 31 heavy (non-hydrogen) atoms. The minimum atomic E-state index is -2.30. The van der Waals surface area contributed by atoms with E-state index in [-0.39, 0.29) is 11.3 Å². The Bertz CT molecular complexity index is 1220. The van der Waals surface area contributed by atoms with Crippen LogP contribution < -0.4 is 16.4 Å². The molecule has 166 valence electrons. The van der Waals surface area contributed by atoms with Gasteiger partial charge in [-0.05, 0) is 26.3 Å². The van der Waals surface area contributed by atoms with E-state index < -0.39 is 45.9 Å². The fraction of sp³-hybridized carbons (Fsp3) is 0.278. The standard InChI is InChI=1S/C18H15F5N4O2S2/c1-5-6(2)31-18-9(5)17(29)24-8(25-18)4-30-7(3)16(28)27-26-15-13(22)11(20)10(19)12(21)14(15)23/h7,26H,4H2,1-3H3,(H,27,28)(H,24,25,29). The summed E-state index contributed by atoms with van der Waals surface area (Å²) in [5.41, 5.74) is 2.81. The summed E-state index contributed by atoms with van der Waals surface area (Å²) in [6.45, 7) is 5.15. The van der Waals surface area contributed by atoms with Crippen LogP contribution in [0, 0.1) is 42.9 Å². The molecule has 2 aromatic heterocycles. The van der Waals surface area contributed by atoms with Gasteiger partial charge in [0.15, 0.2) is 23.3 Å². The zero-order valence-electron chi connectivity index (χ0n) is 16.3. The first-order valence-electron chi connectivity index (χ1n) is 8.70. The number of carbonyl (C=O) groups excluding carboxylic acids is 1. The van der Waals surface area contributed by atoms with Crippen LogP contribution in [0.5, 0.6) is 0 Å². The molecule has 0 radical (unpaired) electrons. The number of anilines is 1. The molecule has 0 saturated carbocycles. The highest BCUT2D eigenvalue weighted by molar-refractivity contribution is 7.99. The first-order valence-corrected chi connectivity index (χ1v) is 10.6. The average Bonchev–Trinajstić information content (AvgIpc) is 3.02. The molecular formula is C18H15F5N4O2S2. The van der Waals surface area contributed by atoms with Crippen LogP contribution in [0.3, 0.4) is 0 Å². The number of thiophene rings is 1. The van der Waals surface area contributed by atoms with E-state index in [0.29, 0.717) is 16.0 Å². The number of fused-ring (bicyclic) bond motifs is 1. The monoisotopic (exact) mass is 478 g/mol. The largest absolute Gasteiger partial charge is 0.309 e. The van der Waals surface area contributed by atoms with Crippen LogP contribution in [0.15, 0.2) is 4.79 Å². The molecule has 3 rings (SSSR count). The highest BCUT2D eigenvalue weighted by Crippen LogP contribution is 2.28. The average molecular weight is 478 g/mol. The number of nitrogens with zero attached hydrogens (tertiary/aromatic N) is 1. The lowest BCUT2D eigenvalue weighted by Crippen LogP contribution is -2.36. The molecule has 3 aromatic rings. The van der Waals surface area contributed by atoms with Crippen LogP contribution in [0.25, 0.3) is 10.2 Å². The summed E-state index contributed by atoms with van der Waals surface area (Å²) < 4.78 is 66.8. The highest BCUT2D eigenvalue weighted by Gasteiger charge is 2.26. The Hall–Kier alpha value is -2.67. The van der Waals surface area contributed by atoms with Gasteiger partial charge < -0.3 is 4.98 Å². The van der Waals surface area contributed by atoms with Crippen molar-refractivity contribution in [3.8, 4) is 0 Å². The van der Waals surface area contributed by atoms with Gasteiger partial charge in [0.05, 0.1) is 16.4 Å². The lowest BCUT2D eigenvalue weighted by molar-refractivity contribution is -0.119. The summed E-state index contributed by atoms with van der Waals surface area (Å²) in [5, 5.41) is -0.310. The number of carbonyl (C=O) groups is 1. The summed E-state index contributed by atoms with van der Waals surface area (Å²) >= 11 is 2.41. The van der Waals surface area contributed by atoms with Gasteiger partial charge in [-0.15, -0.1) is 23.1 Å². The molecule has 1 aromatic carbocycles. The van der Waals surface area contributed by atoms with E-state index in [1.807, 2.05) is 19.3 Å². The first-order chi connectivity index (χ1) is 14.5. The number of H-pyrrole nitrogens is 1. The molecule has 0 spiro atoms. The number of rotatable bonds is 6. The van der Waals surface area contributed by atoms with Gasteiger partial charge in [-0.2, -0.15) is 0 Å². The molecule has 3 N–H and O–H groups in total. The molecule has 13 heteroatoms. The fourth-order valence-corrected chi connectivity index (χ4v) is 4.39. The number of halogens is 5. The second-order valence-corrected chi connectivity index (χ2v) is 9.02. The molecule has 1 atom stereocenters. The van der Waals surface area contributed by atoms with E-state index in [2.05, 4.69) is 9.97 Å². The first kappa shape index (κ1) is 23.0. The van der Waals surface area contributed by atoms with Crippen LogP contribution in [0.4, 0.5) is 27.6 Å². The van der Waals surface area contributed by atoms with Crippen LogP contribution in [0.2, 0.25) is 0 Å². The maximum Gasteiger partial charge on any atom is 0.259 e. The van der Waals surface area contributed by atoms with Crippen molar-refractivity contribution < 1.29 is 26.7 Å². The molecule has 0 aliphatic heterocycles. The highest BCUT2D eigenvalue weighted by atomic mass is 32.2. The molecule has 1 unspecified atom stereocenters. The van der Waals surface area contributed by atoms with Crippen molar-refractivity contribution in [3.63, 3.8) is 0 Å². The van der Waals surface area contributed by atoms with E-state index in [4.69, 9.17) is 0 Å². The van der Waals surface area contributed by atoms with Gasteiger partial charge in [0.25, 0.3) is 11.5 Å². The summed E-state index contributed by atoms with van der Waals surface area (Å²) in [4.78, 5) is 32.9. The van der Waals surface area contributed by atoms with Crippen molar-refractivity contribution in [1.82, 2.24) is 15.4 Å². The van der Waals surface area contributed by atoms with Gasteiger partial charge in [-0.1, -0.05) is 0 Å². The smallest absolute Gasteiger partial charge is 0.259 e. The second kappa shape index (κ2) is 8.83. The predicted octanol–water partition coefficient (Wildman–Crippen LogP) is 4.06. The number of hydrogen-bond donors (Lipinski definition) is 3. The molecule has 0 fully saturated rings. The minimum Gasteiger partial charge on any atom is -0.309 e. The van der Waals surface area contributed by atoms with Crippen LogP contribution in [-0.4, -0.2) is 21.1 Å². The van der Waals surface area contributed by atoms with Crippen molar-refractivity contribution in [2.24, 2.45) is 0 Å². The number of thioether (sulfide) groups is 1. The van der Waals surface area contributed by atoms with Gasteiger partial charge in [0.1, 0.15) is 16.3 Å². The number of amides is 1. The third-order valence-electron chi connectivity index (χ3n) is 4.45. The number of aromatic amines is 1. The zero-order chi connectivity index (χ0) is 23.0. The third-order valence-corrected chi connectivity index (χ3v) is 6.70. The SMILES string of the molecule is Cc1sc2nc(CSC(C)C(=O)NNc3c(F)c(F)c(F)c(F)c3F)[nH]c(=O)c2c1C. The molecule has 0 aliphatic rings. The van der Waals surface area contributed by atoms with E-state index >= 15 is 0 Å². The molecule has 6 nitrogen and oxygen atoms in total. The lowest BCUT2D eigenvalue weighted by Gasteiger charge is -2.15. The van der Waals surface area contributed by atoms with Crippen molar-refractivity contribution in [2.75, 3.05) is 5.43 Å². The summed E-state index contributed by atoms with van der Waals surface area (Å²) in [5.74, 6) is -11.1. The third kappa shape index (κ3) is 4.37. The van der Waals surface area contributed by atoms with Crippen molar-refractivity contribution in [3.05, 3.63) is 55.7 Å². The summed E-state index contributed by atoms with van der Waals surface area (Å²) in [7, 11) is 0. The molecule has 1 amide bonds. The number of aromatic nitrogens is 2. The van der Waals surface area contributed by atoms with Gasteiger partial charge in [-0.25, -0.2) is 26.9 Å². The number of aryl methyl sites for hydroxylation is 2. The molecule has 0 aliphatic carbocycles. The summed E-state index contributed by atoms with van der Waals surface area (Å²) in [6, 6.07) is 0. The number of hydrogen-bond acceptors (Lipinski definition) is 6. The predicted molar refractivity (Wildman–Crippen MR) is 108 cm³/mol. The maximum atomic E-state index is 13.6. The number of hydrazine groups is 1. The Morgan fingerprint density at radius 2 is 1.68 bits per heavy atom. The van der Waals surface area contributed by atoms with Crippen LogP contribution >= 0.6 is 23.1 Å². The normalized spacial score (nSPS) is 12.3. The Balaban J connectivity index is 1.66. The lowest BCUT2D eigenvalue weighted by atomic mass is 10.2. The Morgan fingerprint density at radius 3 is 2.29 bits per heavy atom. The van der Waals surface area contributed by atoms with Gasteiger partial charge >= 0.3 is 0 Å². The van der Waals surface area contributed by atoms with Gasteiger partial charge in [0, 0.05) is 4.88 Å². The number of nitrogens with one attached hydrogen (secondary N) is 3. The zero-order valence-corrected chi connectivity index (χ0v) is 17.9. The molecular weight excluding hydrogens is 463 g/mol. The van der Waals surface area contributed by atoms with Crippen molar-refractivity contribution >= 4 is 44.9 Å². The quantitative estimate of drug-likeness (QED) is 0.215. The Morgan fingerprint density at radius 1 is 1.10 bits per heavy atom. The van der Waals surface area contributed by atoms with Crippen LogP contribution in [-0.2, 0) is 10.5 Å². The van der Waals surface area contributed by atoms with Gasteiger partial charge in [-0.3, -0.25) is 20.4 Å². The van der Waals surface area contributed by atoms with Gasteiger partial charge in [0.2, 0.25) is 5.82 Å². The van der Waals surface area contributed by atoms with E-state index in [0.717, 1.165) is 22.2 Å². The minimum absolute atomic E-state index is 0.137. The van der Waals surface area contributed by atoms with E-state index in [9.17, 15) is 31.5 Å². The van der Waals surface area contributed by atoms with Crippen molar-refractivity contribution in [2.45, 2.75) is 31.8 Å².